The lowest BCUT2D eigenvalue weighted by Gasteiger charge is -2.14. The third kappa shape index (κ3) is 4.32. The summed E-state index contributed by atoms with van der Waals surface area (Å²) in [6.45, 7) is 3.18. The van der Waals surface area contributed by atoms with Crippen LogP contribution in [0.3, 0.4) is 0 Å². The topological polar surface area (TPSA) is 64.6 Å². The van der Waals surface area contributed by atoms with Crippen LogP contribution in [0.25, 0.3) is 0 Å². The summed E-state index contributed by atoms with van der Waals surface area (Å²) in [5.74, 6) is 1.01. The Balaban J connectivity index is 2.22. The average Bonchev–Trinajstić information content (AvgIpc) is 2.53. The van der Waals surface area contributed by atoms with Crippen LogP contribution in [0.15, 0.2) is 42.5 Å². The number of para-hydroxylation sites is 2. The maximum absolute atomic E-state index is 11.5. The molecule has 0 fully saturated rings. The number of carbonyl (C=O) groups is 2. The van der Waals surface area contributed by atoms with E-state index in [2.05, 4.69) is 5.32 Å². The number of anilines is 1. The van der Waals surface area contributed by atoms with Crippen molar-refractivity contribution in [2.24, 2.45) is 0 Å². The van der Waals surface area contributed by atoms with E-state index in [-0.39, 0.29) is 18.3 Å². The van der Waals surface area contributed by atoms with Crippen LogP contribution in [0.4, 0.5) is 5.69 Å². The van der Waals surface area contributed by atoms with E-state index in [1.54, 1.807) is 37.4 Å². The smallest absolute Gasteiger partial charge is 0.221 e. The van der Waals surface area contributed by atoms with Crippen LogP contribution >= 0.6 is 0 Å². The predicted octanol–water partition coefficient (Wildman–Crippen LogP) is 3.44. The molecule has 0 unspecified atom stereocenters. The Bertz CT molecular complexity index is 725. The Morgan fingerprint density at radius 2 is 1.78 bits per heavy atom. The molecule has 0 aromatic heterocycles. The SMILES string of the molecule is COc1ccc(C(C)=O)cc1COc1ccccc1NC(C)=O. The molecule has 0 radical (unpaired) electrons. The van der Waals surface area contributed by atoms with Crippen LogP contribution in [0.5, 0.6) is 11.5 Å². The van der Waals surface area contributed by atoms with Gasteiger partial charge in [0.15, 0.2) is 5.78 Å². The van der Waals surface area contributed by atoms with Gasteiger partial charge in [-0.3, -0.25) is 9.59 Å². The summed E-state index contributed by atoms with van der Waals surface area (Å²) in [7, 11) is 1.57. The van der Waals surface area contributed by atoms with Crippen molar-refractivity contribution in [2.75, 3.05) is 12.4 Å². The van der Waals surface area contributed by atoms with Crippen LogP contribution in [0.1, 0.15) is 29.8 Å². The highest BCUT2D eigenvalue weighted by Gasteiger charge is 2.10. The number of carbonyl (C=O) groups excluding carboxylic acids is 2. The second-order valence-corrected chi connectivity index (χ2v) is 5.05. The van der Waals surface area contributed by atoms with E-state index in [1.165, 1.54) is 13.8 Å². The number of methoxy groups -OCH3 is 1. The molecule has 2 aromatic carbocycles. The van der Waals surface area contributed by atoms with E-state index in [9.17, 15) is 9.59 Å². The van der Waals surface area contributed by atoms with Gasteiger partial charge >= 0.3 is 0 Å². The number of Topliss-reactive ketones (excluding diaryl/α,β-unsaturated/α-hetero) is 1. The zero-order chi connectivity index (χ0) is 16.8. The molecule has 1 amide bonds. The molecule has 0 heterocycles. The lowest BCUT2D eigenvalue weighted by atomic mass is 10.1. The molecule has 23 heavy (non-hydrogen) atoms. The van der Waals surface area contributed by atoms with Gasteiger partial charge in [-0.25, -0.2) is 0 Å². The summed E-state index contributed by atoms with van der Waals surface area (Å²) in [6, 6.07) is 12.4. The van der Waals surface area contributed by atoms with Crippen molar-refractivity contribution in [3.63, 3.8) is 0 Å². The zero-order valence-electron chi connectivity index (χ0n) is 13.4. The van der Waals surface area contributed by atoms with Gasteiger partial charge in [0.25, 0.3) is 0 Å². The summed E-state index contributed by atoms with van der Waals surface area (Å²) in [5.41, 5.74) is 1.96. The molecule has 0 aliphatic heterocycles. The van der Waals surface area contributed by atoms with Gasteiger partial charge in [0, 0.05) is 18.1 Å². The van der Waals surface area contributed by atoms with Gasteiger partial charge in [-0.2, -0.15) is 0 Å². The number of hydrogen-bond donors (Lipinski definition) is 1. The highest BCUT2D eigenvalue weighted by Crippen LogP contribution is 2.27. The van der Waals surface area contributed by atoms with Crippen molar-refractivity contribution in [3.8, 4) is 11.5 Å². The second kappa shape index (κ2) is 7.45. The fourth-order valence-corrected chi connectivity index (χ4v) is 2.15. The number of benzene rings is 2. The fourth-order valence-electron chi connectivity index (χ4n) is 2.15. The largest absolute Gasteiger partial charge is 0.496 e. The fraction of sp³-hybridized carbons (Fsp3) is 0.222. The molecule has 0 aliphatic carbocycles. The minimum Gasteiger partial charge on any atom is -0.496 e. The Labute approximate surface area is 135 Å². The van der Waals surface area contributed by atoms with E-state index < -0.39 is 0 Å². The van der Waals surface area contributed by atoms with Crippen molar-refractivity contribution in [1.82, 2.24) is 0 Å². The Morgan fingerprint density at radius 1 is 1.04 bits per heavy atom. The van der Waals surface area contributed by atoms with Gasteiger partial charge in [-0.15, -0.1) is 0 Å². The minimum atomic E-state index is -0.169. The summed E-state index contributed by atoms with van der Waals surface area (Å²) in [4.78, 5) is 22.8. The van der Waals surface area contributed by atoms with Crippen LogP contribution in [0.2, 0.25) is 0 Å². The molecule has 1 N–H and O–H groups in total. The monoisotopic (exact) mass is 313 g/mol. The van der Waals surface area contributed by atoms with Crippen LogP contribution in [-0.4, -0.2) is 18.8 Å². The first-order valence-electron chi connectivity index (χ1n) is 7.18. The number of ketones is 1. The Morgan fingerprint density at radius 3 is 2.43 bits per heavy atom. The number of hydrogen-bond acceptors (Lipinski definition) is 4. The first-order valence-corrected chi connectivity index (χ1v) is 7.18. The van der Waals surface area contributed by atoms with Crippen LogP contribution in [0, 0.1) is 0 Å². The van der Waals surface area contributed by atoms with Crippen molar-refractivity contribution in [1.29, 1.82) is 0 Å². The maximum Gasteiger partial charge on any atom is 0.221 e. The lowest BCUT2D eigenvalue weighted by molar-refractivity contribution is -0.114. The molecule has 2 aromatic rings. The molecule has 120 valence electrons. The lowest BCUT2D eigenvalue weighted by Crippen LogP contribution is -2.08. The van der Waals surface area contributed by atoms with Gasteiger partial charge in [-0.05, 0) is 37.3 Å². The summed E-state index contributed by atoms with van der Waals surface area (Å²) >= 11 is 0. The van der Waals surface area contributed by atoms with Crippen LogP contribution in [-0.2, 0) is 11.4 Å². The number of ether oxygens (including phenoxy) is 2. The Hall–Kier alpha value is -2.82. The van der Waals surface area contributed by atoms with Crippen LogP contribution < -0.4 is 14.8 Å². The van der Waals surface area contributed by atoms with E-state index in [0.717, 1.165) is 5.56 Å². The van der Waals surface area contributed by atoms with Crippen molar-refractivity contribution >= 4 is 17.4 Å². The number of rotatable bonds is 6. The first-order chi connectivity index (χ1) is 11.0. The molecule has 0 saturated heterocycles. The number of amides is 1. The van der Waals surface area contributed by atoms with Gasteiger partial charge in [-0.1, -0.05) is 12.1 Å². The molecule has 0 spiro atoms. The van der Waals surface area contributed by atoms with E-state index in [1.807, 2.05) is 12.1 Å². The average molecular weight is 313 g/mol. The first kappa shape index (κ1) is 16.5. The van der Waals surface area contributed by atoms with Crippen molar-refractivity contribution in [2.45, 2.75) is 20.5 Å². The summed E-state index contributed by atoms with van der Waals surface area (Å²) in [6.07, 6.45) is 0. The molecule has 5 heteroatoms. The minimum absolute atomic E-state index is 0.0208. The third-order valence-corrected chi connectivity index (χ3v) is 3.27. The number of nitrogens with one attached hydrogen (secondary N) is 1. The van der Waals surface area contributed by atoms with Gasteiger partial charge < -0.3 is 14.8 Å². The van der Waals surface area contributed by atoms with E-state index >= 15 is 0 Å². The maximum atomic E-state index is 11.5. The molecule has 0 atom stereocenters. The molecule has 0 saturated carbocycles. The van der Waals surface area contributed by atoms with Crippen molar-refractivity contribution < 1.29 is 19.1 Å². The standard InChI is InChI=1S/C18H19NO4/c1-12(20)14-8-9-17(22-3)15(10-14)11-23-18-7-5-4-6-16(18)19-13(2)21/h4-10H,11H2,1-3H3,(H,19,21). The van der Waals surface area contributed by atoms with Gasteiger partial charge in [0.1, 0.15) is 18.1 Å². The highest BCUT2D eigenvalue weighted by molar-refractivity contribution is 5.94. The predicted molar refractivity (Wildman–Crippen MR) is 88.1 cm³/mol. The summed E-state index contributed by atoms with van der Waals surface area (Å²) in [5, 5.41) is 2.72. The quantitative estimate of drug-likeness (QED) is 0.830. The van der Waals surface area contributed by atoms with E-state index in [0.29, 0.717) is 22.7 Å². The van der Waals surface area contributed by atoms with E-state index in [4.69, 9.17) is 9.47 Å². The van der Waals surface area contributed by atoms with Crippen molar-refractivity contribution in [3.05, 3.63) is 53.6 Å². The molecule has 0 bridgehead atoms. The molecule has 2 rings (SSSR count). The zero-order valence-corrected chi connectivity index (χ0v) is 13.4. The molecular weight excluding hydrogens is 294 g/mol. The van der Waals surface area contributed by atoms with Gasteiger partial charge in [0.05, 0.1) is 12.8 Å². The summed E-state index contributed by atoms with van der Waals surface area (Å²) < 4.78 is 11.1. The van der Waals surface area contributed by atoms with Gasteiger partial charge in [0.2, 0.25) is 5.91 Å². The molecule has 5 nitrogen and oxygen atoms in total. The molecule has 0 aliphatic rings. The highest BCUT2D eigenvalue weighted by atomic mass is 16.5. The molecular formula is C18H19NO4. The second-order valence-electron chi connectivity index (χ2n) is 5.05. The Kier molecular flexibility index (Phi) is 5.36. The third-order valence-electron chi connectivity index (χ3n) is 3.27. The normalized spacial score (nSPS) is 10.0.